The lowest BCUT2D eigenvalue weighted by Gasteiger charge is -2.22. The molecule has 0 radical (unpaired) electrons. The van der Waals surface area contributed by atoms with Crippen LogP contribution in [0.2, 0.25) is 0 Å². The van der Waals surface area contributed by atoms with Gasteiger partial charge in [-0.3, -0.25) is 4.79 Å². The van der Waals surface area contributed by atoms with Crippen LogP contribution in [0.15, 0.2) is 51.8 Å². The second-order valence-electron chi connectivity index (χ2n) is 8.93. The summed E-state index contributed by atoms with van der Waals surface area (Å²) in [5.74, 6) is -0.0327. The maximum Gasteiger partial charge on any atom is 0.343 e. The second kappa shape index (κ2) is 10.4. The molecule has 3 N–H and O–H groups in total. The maximum atomic E-state index is 13.2. The summed E-state index contributed by atoms with van der Waals surface area (Å²) in [4.78, 5) is 29.4. The van der Waals surface area contributed by atoms with Gasteiger partial charge >= 0.3 is 5.63 Å². The van der Waals surface area contributed by atoms with Crippen LogP contribution in [0.5, 0.6) is 28.7 Å². The molecule has 10 nitrogen and oxygen atoms in total. The van der Waals surface area contributed by atoms with E-state index in [0.29, 0.717) is 35.8 Å². The molecule has 0 saturated heterocycles. The minimum absolute atomic E-state index is 0.0393. The van der Waals surface area contributed by atoms with E-state index in [1.807, 2.05) is 30.5 Å². The molecular weight excluding hydrogens is 492 g/mol. The molecule has 1 atom stereocenters. The van der Waals surface area contributed by atoms with Gasteiger partial charge in [0.1, 0.15) is 11.5 Å². The van der Waals surface area contributed by atoms with Crippen molar-refractivity contribution in [1.82, 2.24) is 10.3 Å². The van der Waals surface area contributed by atoms with Crippen molar-refractivity contribution in [3.05, 3.63) is 75.5 Å². The molecule has 2 aromatic heterocycles. The van der Waals surface area contributed by atoms with Gasteiger partial charge in [-0.15, -0.1) is 0 Å². The monoisotopic (exact) mass is 520 g/mol. The molecule has 198 valence electrons. The number of carbonyl (C=O) groups is 1. The lowest BCUT2D eigenvalue weighted by atomic mass is 9.87. The zero-order valence-corrected chi connectivity index (χ0v) is 21.3. The van der Waals surface area contributed by atoms with E-state index in [1.54, 1.807) is 13.0 Å². The van der Waals surface area contributed by atoms with Crippen LogP contribution in [0, 0.1) is 6.92 Å². The minimum Gasteiger partial charge on any atom is -0.507 e. The maximum absolute atomic E-state index is 13.2. The number of hydrogen-bond donors (Lipinski definition) is 3. The number of fused-ring (bicyclic) bond motifs is 2. The molecule has 10 heteroatoms. The van der Waals surface area contributed by atoms with Gasteiger partial charge in [-0.25, -0.2) is 4.79 Å². The fraction of sp³-hybridized carbons (Fsp3) is 0.286. The number of aromatic nitrogens is 1. The first-order valence-electron chi connectivity index (χ1n) is 12.1. The van der Waals surface area contributed by atoms with Crippen molar-refractivity contribution >= 4 is 16.8 Å². The molecule has 4 aromatic rings. The second-order valence-corrected chi connectivity index (χ2v) is 8.93. The first-order chi connectivity index (χ1) is 18.4. The first kappa shape index (κ1) is 25.1. The Bertz CT molecular complexity index is 1550. The van der Waals surface area contributed by atoms with Gasteiger partial charge < -0.3 is 38.8 Å². The quantitative estimate of drug-likeness (QED) is 0.304. The van der Waals surface area contributed by atoms with E-state index in [4.69, 9.17) is 23.4 Å². The number of nitrogens with one attached hydrogen (secondary N) is 2. The van der Waals surface area contributed by atoms with Crippen LogP contribution < -0.4 is 29.9 Å². The van der Waals surface area contributed by atoms with Gasteiger partial charge in [0.05, 0.1) is 19.8 Å². The topological polar surface area (TPSA) is 132 Å². The highest BCUT2D eigenvalue weighted by molar-refractivity contribution is 5.83. The normalized spacial score (nSPS) is 12.9. The van der Waals surface area contributed by atoms with E-state index >= 15 is 0 Å². The van der Waals surface area contributed by atoms with Gasteiger partial charge in [0, 0.05) is 47.6 Å². The van der Waals surface area contributed by atoms with Crippen LogP contribution in [-0.4, -0.2) is 43.6 Å². The number of aryl methyl sites for hydroxylation is 1. The van der Waals surface area contributed by atoms with Crippen molar-refractivity contribution in [3.8, 4) is 28.7 Å². The van der Waals surface area contributed by atoms with Crippen molar-refractivity contribution in [2.75, 3.05) is 27.6 Å². The van der Waals surface area contributed by atoms with Crippen molar-refractivity contribution in [2.45, 2.75) is 25.7 Å². The zero-order chi connectivity index (χ0) is 26.8. The molecule has 5 rings (SSSR count). The van der Waals surface area contributed by atoms with Gasteiger partial charge in [-0.2, -0.15) is 0 Å². The lowest BCUT2D eigenvalue weighted by molar-refractivity contribution is -0.121. The van der Waals surface area contributed by atoms with Crippen LogP contribution in [0.25, 0.3) is 10.9 Å². The fourth-order valence-corrected chi connectivity index (χ4v) is 4.88. The SMILES string of the molecule is COc1cc([C@H](CC(=O)NCCc2c[nH]c3ccccc23)c2c(O)cc(C)oc2=O)c(OC)c2c1OCO2. The smallest absolute Gasteiger partial charge is 0.343 e. The molecular formula is C28H28N2O8. The van der Waals surface area contributed by atoms with Gasteiger partial charge in [0.2, 0.25) is 24.2 Å². The number of methoxy groups -OCH3 is 2. The predicted molar refractivity (Wildman–Crippen MR) is 139 cm³/mol. The van der Waals surface area contributed by atoms with E-state index in [-0.39, 0.29) is 41.9 Å². The number of H-pyrrole nitrogens is 1. The number of hydrogen-bond acceptors (Lipinski definition) is 8. The Morgan fingerprint density at radius 1 is 1.16 bits per heavy atom. The number of rotatable bonds is 9. The highest BCUT2D eigenvalue weighted by Gasteiger charge is 2.34. The summed E-state index contributed by atoms with van der Waals surface area (Å²) in [6.45, 7) is 1.90. The van der Waals surface area contributed by atoms with Crippen molar-refractivity contribution in [3.63, 3.8) is 0 Å². The Morgan fingerprint density at radius 2 is 1.95 bits per heavy atom. The third-order valence-electron chi connectivity index (χ3n) is 6.61. The molecule has 0 saturated carbocycles. The van der Waals surface area contributed by atoms with Gasteiger partial charge in [-0.1, -0.05) is 18.2 Å². The molecule has 0 spiro atoms. The third kappa shape index (κ3) is 4.60. The number of ether oxygens (including phenoxy) is 4. The highest BCUT2D eigenvalue weighted by Crippen LogP contribution is 2.52. The van der Waals surface area contributed by atoms with Crippen LogP contribution in [0.1, 0.15) is 34.8 Å². The van der Waals surface area contributed by atoms with E-state index in [9.17, 15) is 14.7 Å². The molecule has 0 aliphatic carbocycles. The number of benzene rings is 2. The number of para-hydroxylation sites is 1. The molecule has 1 aliphatic rings. The number of aromatic amines is 1. The Hall–Kier alpha value is -4.60. The molecule has 0 bridgehead atoms. The summed E-state index contributed by atoms with van der Waals surface area (Å²) in [7, 11) is 2.92. The largest absolute Gasteiger partial charge is 0.507 e. The number of amides is 1. The van der Waals surface area contributed by atoms with Crippen molar-refractivity contribution < 1.29 is 33.3 Å². The summed E-state index contributed by atoms with van der Waals surface area (Å²) < 4.78 is 27.6. The van der Waals surface area contributed by atoms with E-state index < -0.39 is 11.5 Å². The van der Waals surface area contributed by atoms with Gasteiger partial charge in [-0.05, 0) is 31.0 Å². The average molecular weight is 521 g/mol. The summed E-state index contributed by atoms with van der Waals surface area (Å²) in [6, 6.07) is 10.9. The molecule has 1 amide bonds. The molecule has 2 aromatic carbocycles. The summed E-state index contributed by atoms with van der Waals surface area (Å²) in [6.07, 6.45) is 2.37. The summed E-state index contributed by atoms with van der Waals surface area (Å²) in [5, 5.41) is 14.8. The van der Waals surface area contributed by atoms with Gasteiger partial charge in [0.25, 0.3) is 0 Å². The van der Waals surface area contributed by atoms with Crippen LogP contribution in [0.4, 0.5) is 0 Å². The van der Waals surface area contributed by atoms with Crippen LogP contribution in [-0.2, 0) is 11.2 Å². The Kier molecular flexibility index (Phi) is 6.87. The standard InChI is InChI=1S/C28H28N2O8/c1-15-10-21(31)24(28(33)38-15)18(19-11-22(34-2)26-27(25(19)35-3)37-14-36-26)12-23(32)29-9-8-16-13-30-20-7-5-4-6-17(16)20/h4-7,10-11,13,18,30-31H,8-9,12,14H2,1-3H3,(H,29,32)/t18-/m0/s1. The van der Waals surface area contributed by atoms with Crippen LogP contribution >= 0.6 is 0 Å². The van der Waals surface area contributed by atoms with Crippen molar-refractivity contribution in [1.29, 1.82) is 0 Å². The van der Waals surface area contributed by atoms with E-state index in [1.165, 1.54) is 20.3 Å². The lowest BCUT2D eigenvalue weighted by Crippen LogP contribution is -2.29. The van der Waals surface area contributed by atoms with Gasteiger partial charge in [0.15, 0.2) is 11.5 Å². The third-order valence-corrected chi connectivity index (χ3v) is 6.61. The summed E-state index contributed by atoms with van der Waals surface area (Å²) in [5.41, 5.74) is 1.70. The average Bonchev–Trinajstić information content (AvgIpc) is 3.54. The number of aromatic hydroxyl groups is 1. The molecule has 3 heterocycles. The van der Waals surface area contributed by atoms with E-state index in [2.05, 4.69) is 10.3 Å². The molecule has 1 aliphatic heterocycles. The highest BCUT2D eigenvalue weighted by atomic mass is 16.7. The number of carbonyl (C=O) groups excluding carboxylic acids is 1. The first-order valence-corrected chi connectivity index (χ1v) is 12.1. The molecule has 38 heavy (non-hydrogen) atoms. The van der Waals surface area contributed by atoms with Crippen molar-refractivity contribution in [2.24, 2.45) is 0 Å². The fourth-order valence-electron chi connectivity index (χ4n) is 4.88. The predicted octanol–water partition coefficient (Wildman–Crippen LogP) is 3.76. The minimum atomic E-state index is -0.932. The zero-order valence-electron chi connectivity index (χ0n) is 21.3. The van der Waals surface area contributed by atoms with Crippen LogP contribution in [0.3, 0.4) is 0 Å². The molecule has 0 unspecified atom stereocenters. The molecule has 0 fully saturated rings. The Morgan fingerprint density at radius 3 is 2.71 bits per heavy atom. The Labute approximate surface area is 218 Å². The Balaban J connectivity index is 1.47. The van der Waals surface area contributed by atoms with E-state index in [0.717, 1.165) is 16.5 Å². The summed E-state index contributed by atoms with van der Waals surface area (Å²) >= 11 is 0.